The van der Waals surface area contributed by atoms with Crippen LogP contribution in [0.1, 0.15) is 0 Å². The van der Waals surface area contributed by atoms with Crippen LogP contribution in [0.3, 0.4) is 0 Å². The predicted octanol–water partition coefficient (Wildman–Crippen LogP) is 3.97. The van der Waals surface area contributed by atoms with Crippen molar-refractivity contribution in [1.82, 2.24) is 0 Å². The molecule has 0 heterocycles. The Balaban J connectivity index is 0.00000200. The van der Waals surface area contributed by atoms with E-state index in [9.17, 15) is 4.91 Å². The van der Waals surface area contributed by atoms with Crippen LogP contribution in [0, 0.1) is 4.91 Å². The van der Waals surface area contributed by atoms with E-state index in [2.05, 4.69) is 14.3 Å². The topological polar surface area (TPSA) is 74.2 Å². The second-order valence-electron chi connectivity index (χ2n) is 3.54. The van der Waals surface area contributed by atoms with Gasteiger partial charge in [-0.15, -0.1) is 9.24 Å². The number of para-hydroxylation sites is 1. The Hall–Kier alpha value is -0.986. The maximum atomic E-state index is 11.0. The molecule has 0 saturated heterocycles. The summed E-state index contributed by atoms with van der Waals surface area (Å²) in [6.45, 7) is 0. The first-order chi connectivity index (χ1) is 9.35. The summed E-state index contributed by atoms with van der Waals surface area (Å²) in [6, 6.07) is 16.1. The van der Waals surface area contributed by atoms with E-state index in [-0.39, 0.29) is 32.7 Å². The molecule has 2 aromatic carbocycles. The molecule has 2 rings (SSSR count). The molecular weight excluding hydrogens is 355 g/mol. The average molecular weight is 366 g/mol. The molecule has 2 aromatic rings. The van der Waals surface area contributed by atoms with E-state index in [1.807, 2.05) is 18.2 Å². The second kappa shape index (κ2) is 9.04. The largest absolute Gasteiger partial charge is 0.304 e. The summed E-state index contributed by atoms with van der Waals surface area (Å²) in [4.78, 5) is 11.0. The van der Waals surface area contributed by atoms with E-state index in [1.54, 1.807) is 36.4 Å². The van der Waals surface area contributed by atoms with Gasteiger partial charge in [0.15, 0.2) is 0 Å². The quantitative estimate of drug-likeness (QED) is 0.265. The normalized spacial score (nSPS) is 9.45. The summed E-state index contributed by atoms with van der Waals surface area (Å²) in [6.07, 6.45) is 0. The fraction of sp³-hybridized carbons (Fsp3) is 0. The first-order valence-corrected chi connectivity index (χ1v) is 6.11. The van der Waals surface area contributed by atoms with Crippen molar-refractivity contribution < 1.29 is 42.3 Å². The number of nitroso groups, excluding NO2 is 1. The standard InChI is InChI=1S/C12H11N3O3S.Y/c16-14-15(11-4-2-1-3-5-11)12-8-6-10(7-9-12)13-19-18-17;/h1-9,13,17H;. The molecule has 0 saturated carbocycles. The molecule has 0 aliphatic heterocycles. The summed E-state index contributed by atoms with van der Waals surface area (Å²) in [5.41, 5.74) is 2.05. The van der Waals surface area contributed by atoms with E-state index >= 15 is 0 Å². The molecule has 0 amide bonds. The molecular formula is C12H11N3O3SY. The smallest absolute Gasteiger partial charge is 0.148 e. The Kier molecular flexibility index (Phi) is 7.72. The molecule has 0 fully saturated rings. The number of nitrogens with zero attached hydrogens (tertiary/aromatic N) is 2. The molecule has 0 unspecified atom stereocenters. The average Bonchev–Trinajstić information content (AvgIpc) is 2.48. The van der Waals surface area contributed by atoms with Crippen LogP contribution in [0.4, 0.5) is 17.1 Å². The third-order valence-electron chi connectivity index (χ3n) is 2.39. The molecule has 2 N–H and O–H groups in total. The second-order valence-corrected chi connectivity index (χ2v) is 4.06. The predicted molar refractivity (Wildman–Crippen MR) is 75.7 cm³/mol. The van der Waals surface area contributed by atoms with Gasteiger partial charge in [0.1, 0.15) is 12.2 Å². The van der Waals surface area contributed by atoms with Crippen molar-refractivity contribution in [2.75, 3.05) is 9.73 Å². The minimum absolute atomic E-state index is 0. The van der Waals surface area contributed by atoms with E-state index in [0.29, 0.717) is 23.6 Å². The molecule has 0 aromatic heterocycles. The van der Waals surface area contributed by atoms with Crippen molar-refractivity contribution in [2.24, 2.45) is 5.29 Å². The van der Waals surface area contributed by atoms with Gasteiger partial charge in [-0.05, 0) is 36.4 Å². The zero-order valence-corrected chi connectivity index (χ0v) is 14.0. The van der Waals surface area contributed by atoms with Crippen LogP contribution in [0.5, 0.6) is 0 Å². The number of anilines is 3. The van der Waals surface area contributed by atoms with E-state index in [0.717, 1.165) is 5.69 Å². The number of hydrogen-bond acceptors (Lipinski definition) is 6. The van der Waals surface area contributed by atoms with Crippen molar-refractivity contribution in [3.8, 4) is 0 Å². The van der Waals surface area contributed by atoms with Gasteiger partial charge in [-0.3, -0.25) is 0 Å². The van der Waals surface area contributed by atoms with Crippen molar-refractivity contribution in [1.29, 1.82) is 0 Å². The number of benzene rings is 2. The van der Waals surface area contributed by atoms with Crippen molar-refractivity contribution in [3.05, 3.63) is 59.5 Å². The van der Waals surface area contributed by atoms with Crippen LogP contribution >= 0.6 is 12.2 Å². The summed E-state index contributed by atoms with van der Waals surface area (Å²) < 4.78 is 6.58. The fourth-order valence-corrected chi connectivity index (χ4v) is 1.82. The summed E-state index contributed by atoms with van der Waals surface area (Å²) in [5.74, 6) is 0. The maximum Gasteiger partial charge on any atom is 0.148 e. The molecule has 8 heteroatoms. The van der Waals surface area contributed by atoms with Gasteiger partial charge in [-0.2, -0.15) is 5.01 Å². The summed E-state index contributed by atoms with van der Waals surface area (Å²) in [7, 11) is 0. The van der Waals surface area contributed by atoms with Crippen LogP contribution < -0.4 is 9.73 Å². The van der Waals surface area contributed by atoms with E-state index in [1.165, 1.54) is 5.01 Å². The number of hydrogen-bond donors (Lipinski definition) is 2. The van der Waals surface area contributed by atoms with Crippen molar-refractivity contribution in [2.45, 2.75) is 0 Å². The SMILES string of the molecule is O=NN(c1ccccc1)c1ccc(NSOO)cc1.[Y]. The maximum absolute atomic E-state index is 11.0. The van der Waals surface area contributed by atoms with E-state index in [4.69, 9.17) is 5.26 Å². The number of rotatable bonds is 6. The van der Waals surface area contributed by atoms with Crippen LogP contribution in [-0.2, 0) is 37.0 Å². The minimum atomic E-state index is 0. The Morgan fingerprint density at radius 2 is 1.65 bits per heavy atom. The molecule has 0 atom stereocenters. The molecule has 1 radical (unpaired) electrons. The zero-order chi connectivity index (χ0) is 13.5. The third kappa shape index (κ3) is 4.54. The van der Waals surface area contributed by atoms with Gasteiger partial charge >= 0.3 is 0 Å². The Bertz CT molecular complexity index is 527. The Labute approximate surface area is 145 Å². The first kappa shape index (κ1) is 17.1. The van der Waals surface area contributed by atoms with E-state index < -0.39 is 0 Å². The van der Waals surface area contributed by atoms with Crippen molar-refractivity contribution in [3.63, 3.8) is 0 Å². The molecule has 0 bridgehead atoms. The molecule has 0 aliphatic carbocycles. The van der Waals surface area contributed by atoms with Crippen LogP contribution in [0.15, 0.2) is 59.9 Å². The van der Waals surface area contributed by atoms with Gasteiger partial charge in [-0.1, -0.05) is 18.2 Å². The van der Waals surface area contributed by atoms with Gasteiger partial charge in [0.2, 0.25) is 0 Å². The molecule has 20 heavy (non-hydrogen) atoms. The van der Waals surface area contributed by atoms with Crippen molar-refractivity contribution >= 4 is 29.3 Å². The molecule has 6 nitrogen and oxygen atoms in total. The first-order valence-electron chi connectivity index (χ1n) is 5.37. The Morgan fingerprint density at radius 3 is 2.20 bits per heavy atom. The monoisotopic (exact) mass is 366 g/mol. The molecule has 101 valence electrons. The minimum Gasteiger partial charge on any atom is -0.304 e. The number of nitrogens with one attached hydrogen (secondary N) is 1. The van der Waals surface area contributed by atoms with Crippen LogP contribution in [0.2, 0.25) is 0 Å². The zero-order valence-electron chi connectivity index (χ0n) is 10.3. The van der Waals surface area contributed by atoms with Gasteiger partial charge in [0, 0.05) is 38.4 Å². The summed E-state index contributed by atoms with van der Waals surface area (Å²) in [5, 5.41) is 12.5. The van der Waals surface area contributed by atoms with Gasteiger partial charge in [-0.25, -0.2) is 5.26 Å². The Morgan fingerprint density at radius 1 is 1.05 bits per heavy atom. The molecule has 0 aliphatic rings. The van der Waals surface area contributed by atoms with Gasteiger partial charge < -0.3 is 4.72 Å². The van der Waals surface area contributed by atoms with Crippen LogP contribution in [-0.4, -0.2) is 5.26 Å². The van der Waals surface area contributed by atoms with Gasteiger partial charge in [0.25, 0.3) is 0 Å². The summed E-state index contributed by atoms with van der Waals surface area (Å²) >= 11 is 0.684. The van der Waals surface area contributed by atoms with Gasteiger partial charge in [0.05, 0.1) is 16.7 Å². The third-order valence-corrected chi connectivity index (χ3v) is 2.78. The fourth-order valence-electron chi connectivity index (χ4n) is 1.55. The molecule has 0 spiro atoms. The van der Waals surface area contributed by atoms with Crippen LogP contribution in [0.25, 0.3) is 0 Å².